The molecule has 1 aliphatic heterocycles. The minimum Gasteiger partial charge on any atom is -0.497 e. The van der Waals surface area contributed by atoms with E-state index in [4.69, 9.17) is 26.1 Å². The first kappa shape index (κ1) is 16.2. The van der Waals surface area contributed by atoms with E-state index in [1.54, 1.807) is 18.9 Å². The smallest absolute Gasteiger partial charge is 0.288 e. The van der Waals surface area contributed by atoms with Gasteiger partial charge in [-0.1, -0.05) is 0 Å². The lowest BCUT2D eigenvalue weighted by Gasteiger charge is -2.30. The first-order valence-electron chi connectivity index (χ1n) is 7.67. The molecule has 0 aliphatic carbocycles. The van der Waals surface area contributed by atoms with Crippen molar-refractivity contribution in [3.8, 4) is 17.2 Å². The van der Waals surface area contributed by atoms with Crippen molar-refractivity contribution in [2.75, 3.05) is 27.3 Å². The fraction of sp³-hybridized carbons (Fsp3) is 0.500. The fourth-order valence-electron chi connectivity index (χ4n) is 2.72. The standard InChI is InChI=1S/C16H21N3O3S/c1-20-13-5-3-12(4-6-13)15-17-19(16(23)22-15)11-18-9-7-14(21-2)8-10-18/h3-6,14H,7-11H2,1-2H3. The van der Waals surface area contributed by atoms with Gasteiger partial charge in [0.15, 0.2) is 0 Å². The minimum absolute atomic E-state index is 0.367. The summed E-state index contributed by atoms with van der Waals surface area (Å²) < 4.78 is 17.9. The summed E-state index contributed by atoms with van der Waals surface area (Å²) in [4.78, 5) is 2.70. The summed E-state index contributed by atoms with van der Waals surface area (Å²) in [6, 6.07) is 7.58. The molecule has 0 spiro atoms. The van der Waals surface area contributed by atoms with Gasteiger partial charge in [-0.2, -0.15) is 0 Å². The lowest BCUT2D eigenvalue weighted by Crippen LogP contribution is -2.37. The minimum atomic E-state index is 0.367. The van der Waals surface area contributed by atoms with E-state index in [2.05, 4.69) is 10.00 Å². The molecule has 0 radical (unpaired) electrons. The number of benzene rings is 1. The van der Waals surface area contributed by atoms with Crippen LogP contribution in [0.2, 0.25) is 0 Å². The van der Waals surface area contributed by atoms with E-state index in [-0.39, 0.29) is 0 Å². The van der Waals surface area contributed by atoms with Crippen molar-refractivity contribution in [2.45, 2.75) is 25.6 Å². The van der Waals surface area contributed by atoms with Crippen LogP contribution in [0.3, 0.4) is 0 Å². The van der Waals surface area contributed by atoms with Gasteiger partial charge in [0.2, 0.25) is 5.89 Å². The Kier molecular flexibility index (Phi) is 5.09. The van der Waals surface area contributed by atoms with Gasteiger partial charge in [0.05, 0.1) is 19.9 Å². The molecule has 0 bridgehead atoms. The highest BCUT2D eigenvalue weighted by Crippen LogP contribution is 2.21. The number of methoxy groups -OCH3 is 2. The molecule has 0 unspecified atom stereocenters. The van der Waals surface area contributed by atoms with Gasteiger partial charge in [0, 0.05) is 25.8 Å². The van der Waals surface area contributed by atoms with Crippen LogP contribution in [0.25, 0.3) is 11.5 Å². The third-order valence-corrected chi connectivity index (χ3v) is 4.44. The second-order valence-electron chi connectivity index (χ2n) is 5.60. The van der Waals surface area contributed by atoms with Crippen LogP contribution in [0.15, 0.2) is 28.7 Å². The Morgan fingerprint density at radius 1 is 1.22 bits per heavy atom. The van der Waals surface area contributed by atoms with Gasteiger partial charge in [-0.05, 0) is 49.3 Å². The van der Waals surface area contributed by atoms with E-state index in [1.807, 2.05) is 24.3 Å². The van der Waals surface area contributed by atoms with Gasteiger partial charge in [0.1, 0.15) is 5.75 Å². The molecule has 1 fully saturated rings. The number of rotatable bonds is 5. The average Bonchev–Trinajstić information content (AvgIpc) is 2.96. The van der Waals surface area contributed by atoms with Crippen LogP contribution >= 0.6 is 12.2 Å². The van der Waals surface area contributed by atoms with Crippen LogP contribution in [0.5, 0.6) is 5.75 Å². The Morgan fingerprint density at radius 3 is 2.52 bits per heavy atom. The van der Waals surface area contributed by atoms with Crippen molar-refractivity contribution in [1.82, 2.24) is 14.7 Å². The van der Waals surface area contributed by atoms with E-state index >= 15 is 0 Å². The number of hydrogen-bond donors (Lipinski definition) is 0. The predicted molar refractivity (Wildman–Crippen MR) is 88.9 cm³/mol. The molecule has 23 heavy (non-hydrogen) atoms. The summed E-state index contributed by atoms with van der Waals surface area (Å²) >= 11 is 5.29. The largest absolute Gasteiger partial charge is 0.497 e. The fourth-order valence-corrected chi connectivity index (χ4v) is 2.90. The maximum Gasteiger partial charge on any atom is 0.288 e. The van der Waals surface area contributed by atoms with Crippen LogP contribution in [0.1, 0.15) is 12.8 Å². The molecule has 3 rings (SSSR count). The Hall–Kier alpha value is -1.70. The number of likely N-dealkylation sites (tertiary alicyclic amines) is 1. The first-order valence-corrected chi connectivity index (χ1v) is 8.08. The van der Waals surface area contributed by atoms with Crippen LogP contribution in [0, 0.1) is 4.84 Å². The van der Waals surface area contributed by atoms with Crippen molar-refractivity contribution in [3.63, 3.8) is 0 Å². The summed E-state index contributed by atoms with van der Waals surface area (Å²) in [6.45, 7) is 2.60. The molecular weight excluding hydrogens is 314 g/mol. The Bertz CT molecular complexity index is 687. The van der Waals surface area contributed by atoms with Crippen molar-refractivity contribution < 1.29 is 13.9 Å². The molecule has 124 valence electrons. The van der Waals surface area contributed by atoms with Gasteiger partial charge in [0.25, 0.3) is 4.84 Å². The summed E-state index contributed by atoms with van der Waals surface area (Å²) in [6.07, 6.45) is 2.44. The van der Waals surface area contributed by atoms with Gasteiger partial charge < -0.3 is 13.9 Å². The van der Waals surface area contributed by atoms with Gasteiger partial charge in [-0.25, -0.2) is 4.68 Å². The highest BCUT2D eigenvalue weighted by atomic mass is 32.1. The molecular formula is C16H21N3O3S. The topological polar surface area (TPSA) is 52.7 Å². The van der Waals surface area contributed by atoms with Crippen molar-refractivity contribution in [1.29, 1.82) is 0 Å². The van der Waals surface area contributed by atoms with Crippen LogP contribution in [-0.2, 0) is 11.4 Å². The van der Waals surface area contributed by atoms with Gasteiger partial charge in [-0.15, -0.1) is 5.10 Å². The number of aromatic nitrogens is 2. The Labute approximate surface area is 140 Å². The molecule has 1 aliphatic rings. The Balaban J connectivity index is 1.69. The molecule has 2 aromatic rings. The van der Waals surface area contributed by atoms with Crippen molar-refractivity contribution >= 4 is 12.2 Å². The van der Waals surface area contributed by atoms with E-state index < -0.39 is 0 Å². The molecule has 2 heterocycles. The Morgan fingerprint density at radius 2 is 1.91 bits per heavy atom. The maximum absolute atomic E-state index is 5.63. The second kappa shape index (κ2) is 7.25. The third-order valence-electron chi connectivity index (χ3n) is 4.15. The van der Waals surface area contributed by atoms with Crippen molar-refractivity contribution in [3.05, 3.63) is 29.1 Å². The van der Waals surface area contributed by atoms with Crippen LogP contribution < -0.4 is 4.74 Å². The molecule has 6 nitrogen and oxygen atoms in total. The predicted octanol–water partition coefficient (Wildman–Crippen LogP) is 2.95. The SMILES string of the molecule is COc1ccc(-c2nn(CN3CCC(OC)CC3)c(=S)o2)cc1. The lowest BCUT2D eigenvalue weighted by molar-refractivity contribution is 0.0299. The number of ether oxygens (including phenoxy) is 2. The molecule has 0 N–H and O–H groups in total. The van der Waals surface area contributed by atoms with Gasteiger partial charge in [-0.3, -0.25) is 4.90 Å². The number of nitrogens with zero attached hydrogens (tertiary/aromatic N) is 3. The van der Waals surface area contributed by atoms with E-state index in [9.17, 15) is 0 Å². The molecule has 1 aromatic heterocycles. The quantitative estimate of drug-likeness (QED) is 0.783. The van der Waals surface area contributed by atoms with Gasteiger partial charge >= 0.3 is 0 Å². The zero-order valence-corrected chi connectivity index (χ0v) is 14.2. The van der Waals surface area contributed by atoms with Crippen molar-refractivity contribution in [2.24, 2.45) is 0 Å². The van der Waals surface area contributed by atoms with E-state index in [0.29, 0.717) is 23.5 Å². The van der Waals surface area contributed by atoms with E-state index in [0.717, 1.165) is 37.2 Å². The summed E-state index contributed by atoms with van der Waals surface area (Å²) in [5, 5.41) is 4.50. The second-order valence-corrected chi connectivity index (χ2v) is 5.94. The zero-order chi connectivity index (χ0) is 16.2. The molecule has 0 atom stereocenters. The summed E-state index contributed by atoms with van der Waals surface area (Å²) in [5.74, 6) is 1.33. The van der Waals surface area contributed by atoms with Crippen LogP contribution in [-0.4, -0.2) is 48.1 Å². The lowest BCUT2D eigenvalue weighted by atomic mass is 10.1. The maximum atomic E-state index is 5.63. The normalized spacial score (nSPS) is 16.6. The molecule has 0 amide bonds. The molecule has 0 saturated carbocycles. The number of hydrogen-bond acceptors (Lipinski definition) is 6. The average molecular weight is 335 g/mol. The molecule has 7 heteroatoms. The third kappa shape index (κ3) is 3.80. The summed E-state index contributed by atoms with van der Waals surface area (Å²) in [5.41, 5.74) is 0.883. The monoisotopic (exact) mass is 335 g/mol. The molecule has 1 aromatic carbocycles. The molecule has 1 saturated heterocycles. The van der Waals surface area contributed by atoms with Crippen LogP contribution in [0.4, 0.5) is 0 Å². The van der Waals surface area contributed by atoms with E-state index in [1.165, 1.54) is 0 Å². The highest BCUT2D eigenvalue weighted by molar-refractivity contribution is 7.71. The zero-order valence-electron chi connectivity index (χ0n) is 13.4. The number of piperidine rings is 1. The highest BCUT2D eigenvalue weighted by Gasteiger charge is 2.20. The first-order chi connectivity index (χ1) is 11.2. The summed E-state index contributed by atoms with van der Waals surface area (Å²) in [7, 11) is 3.41.